The Kier molecular flexibility index (Phi) is 5.04. The molecule has 0 fully saturated rings. The Balaban J connectivity index is 3.36. The molecule has 18 heavy (non-hydrogen) atoms. The van der Waals surface area contributed by atoms with Gasteiger partial charge in [-0.15, -0.1) is 0 Å². The van der Waals surface area contributed by atoms with Gasteiger partial charge in [-0.2, -0.15) is 0 Å². The second-order valence-corrected chi connectivity index (χ2v) is 3.92. The molecule has 0 aliphatic carbocycles. The van der Waals surface area contributed by atoms with Gasteiger partial charge in [0, 0.05) is 6.08 Å². The van der Waals surface area contributed by atoms with Gasteiger partial charge in [-0.1, -0.05) is 0 Å². The van der Waals surface area contributed by atoms with Crippen molar-refractivity contribution in [1.29, 1.82) is 0 Å². The molecule has 0 aromatic heterocycles. The second-order valence-electron chi connectivity index (χ2n) is 3.55. The van der Waals surface area contributed by atoms with Crippen molar-refractivity contribution < 1.29 is 19.0 Å². The van der Waals surface area contributed by atoms with Gasteiger partial charge in [0.05, 0.1) is 21.3 Å². The number of methoxy groups -OCH3 is 3. The molecular formula is C13H15ClO4. The molecule has 4 nitrogen and oxygen atoms in total. The van der Waals surface area contributed by atoms with Gasteiger partial charge in [-0.3, -0.25) is 4.79 Å². The van der Waals surface area contributed by atoms with Crippen LogP contribution < -0.4 is 14.2 Å². The Morgan fingerprint density at radius 2 is 1.61 bits per heavy atom. The van der Waals surface area contributed by atoms with Crippen molar-refractivity contribution in [3.05, 3.63) is 23.8 Å². The molecule has 1 aromatic rings. The topological polar surface area (TPSA) is 44.8 Å². The normalized spacial score (nSPS) is 11.1. The van der Waals surface area contributed by atoms with E-state index in [0.29, 0.717) is 22.8 Å². The van der Waals surface area contributed by atoms with Crippen LogP contribution in [-0.2, 0) is 4.79 Å². The van der Waals surface area contributed by atoms with E-state index in [0.717, 1.165) is 5.56 Å². The van der Waals surface area contributed by atoms with Gasteiger partial charge in [0.25, 0.3) is 0 Å². The van der Waals surface area contributed by atoms with E-state index in [4.69, 9.17) is 25.8 Å². The van der Waals surface area contributed by atoms with Gasteiger partial charge in [-0.25, -0.2) is 0 Å². The Bertz CT molecular complexity index is 455. The lowest BCUT2D eigenvalue weighted by Gasteiger charge is -2.14. The number of hydrogen-bond donors (Lipinski definition) is 0. The smallest absolute Gasteiger partial charge is 0.245 e. The van der Waals surface area contributed by atoms with Crippen molar-refractivity contribution in [3.63, 3.8) is 0 Å². The van der Waals surface area contributed by atoms with Crippen LogP contribution in [0.3, 0.4) is 0 Å². The summed E-state index contributed by atoms with van der Waals surface area (Å²) in [5.41, 5.74) is 1.49. The lowest BCUT2D eigenvalue weighted by atomic mass is 10.1. The lowest BCUT2D eigenvalue weighted by Crippen LogP contribution is -1.96. The van der Waals surface area contributed by atoms with E-state index < -0.39 is 5.24 Å². The molecule has 0 saturated carbocycles. The predicted molar refractivity (Wildman–Crippen MR) is 70.6 cm³/mol. The standard InChI is InChI=1S/C13H15ClO4/c1-8(5-12(14)15)9-6-10(16-2)13(18-4)11(7-9)17-3/h5-7H,1-4H3/b8-5+. The van der Waals surface area contributed by atoms with Crippen molar-refractivity contribution >= 4 is 22.4 Å². The SMILES string of the molecule is COc1cc(/C(C)=C/C(=O)Cl)cc(OC)c1OC. The minimum absolute atomic E-state index is 0.508. The maximum atomic E-state index is 10.9. The number of allylic oxidation sites excluding steroid dienone is 2. The highest BCUT2D eigenvalue weighted by Crippen LogP contribution is 2.39. The van der Waals surface area contributed by atoms with Gasteiger partial charge in [0.2, 0.25) is 11.0 Å². The van der Waals surface area contributed by atoms with Crippen molar-refractivity contribution in [1.82, 2.24) is 0 Å². The van der Waals surface area contributed by atoms with Crippen LogP contribution in [0.25, 0.3) is 5.57 Å². The Hall–Kier alpha value is -1.68. The minimum Gasteiger partial charge on any atom is -0.493 e. The Labute approximate surface area is 111 Å². The number of halogens is 1. The molecule has 5 heteroatoms. The summed E-state index contributed by atoms with van der Waals surface area (Å²) in [6.07, 6.45) is 1.34. The summed E-state index contributed by atoms with van der Waals surface area (Å²) >= 11 is 5.33. The van der Waals surface area contributed by atoms with Crippen LogP contribution in [0.15, 0.2) is 18.2 Å². The molecule has 0 unspecified atom stereocenters. The molecule has 0 aliphatic rings. The molecule has 0 saturated heterocycles. The highest BCUT2D eigenvalue weighted by Gasteiger charge is 2.13. The first-order valence-electron chi connectivity index (χ1n) is 5.21. The van der Waals surface area contributed by atoms with Gasteiger partial charge < -0.3 is 14.2 Å². The molecule has 0 N–H and O–H groups in total. The zero-order valence-corrected chi connectivity index (χ0v) is 11.5. The third kappa shape index (κ3) is 3.17. The number of carbonyl (C=O) groups is 1. The predicted octanol–water partition coefficient (Wildman–Crippen LogP) is 2.88. The summed E-state index contributed by atoms with van der Waals surface area (Å²) < 4.78 is 15.7. The van der Waals surface area contributed by atoms with Crippen LogP contribution in [0, 0.1) is 0 Å². The van der Waals surface area contributed by atoms with Crippen molar-refractivity contribution in [2.75, 3.05) is 21.3 Å². The number of rotatable bonds is 5. The fourth-order valence-electron chi connectivity index (χ4n) is 1.56. The molecule has 0 aliphatic heterocycles. The summed E-state index contributed by atoms with van der Waals surface area (Å²) in [4.78, 5) is 10.9. The highest BCUT2D eigenvalue weighted by atomic mass is 35.5. The molecule has 98 valence electrons. The summed E-state index contributed by atoms with van der Waals surface area (Å²) in [5, 5.41) is -0.527. The fraction of sp³-hybridized carbons (Fsp3) is 0.308. The Morgan fingerprint density at radius 1 is 1.11 bits per heavy atom. The number of carbonyl (C=O) groups excluding carboxylic acids is 1. The molecule has 0 radical (unpaired) electrons. The molecule has 0 spiro atoms. The molecule has 0 bridgehead atoms. The molecule has 0 atom stereocenters. The van der Waals surface area contributed by atoms with Crippen molar-refractivity contribution in [2.45, 2.75) is 6.92 Å². The summed E-state index contributed by atoms with van der Waals surface area (Å²) in [6.45, 7) is 1.78. The van der Waals surface area contributed by atoms with Crippen LogP contribution >= 0.6 is 11.6 Å². The van der Waals surface area contributed by atoms with Crippen LogP contribution in [0.4, 0.5) is 0 Å². The van der Waals surface area contributed by atoms with Crippen molar-refractivity contribution in [2.24, 2.45) is 0 Å². The average molecular weight is 271 g/mol. The summed E-state index contributed by atoms with van der Waals surface area (Å²) in [6, 6.07) is 3.51. The second kappa shape index (κ2) is 6.31. The maximum absolute atomic E-state index is 10.9. The van der Waals surface area contributed by atoms with E-state index in [2.05, 4.69) is 0 Å². The first kappa shape index (κ1) is 14.4. The van der Waals surface area contributed by atoms with Crippen LogP contribution in [0.2, 0.25) is 0 Å². The molecule has 0 heterocycles. The van der Waals surface area contributed by atoms with Crippen LogP contribution in [-0.4, -0.2) is 26.6 Å². The largest absolute Gasteiger partial charge is 0.493 e. The van der Waals surface area contributed by atoms with E-state index in [1.54, 1.807) is 19.1 Å². The zero-order chi connectivity index (χ0) is 13.7. The first-order chi connectivity index (χ1) is 8.53. The van der Waals surface area contributed by atoms with Crippen LogP contribution in [0.1, 0.15) is 12.5 Å². The lowest BCUT2D eigenvalue weighted by molar-refractivity contribution is -0.107. The van der Waals surface area contributed by atoms with E-state index in [-0.39, 0.29) is 0 Å². The fourth-order valence-corrected chi connectivity index (χ4v) is 1.73. The third-order valence-corrected chi connectivity index (χ3v) is 2.56. The van der Waals surface area contributed by atoms with Crippen molar-refractivity contribution in [3.8, 4) is 17.2 Å². The third-order valence-electron chi connectivity index (χ3n) is 2.45. The highest BCUT2D eigenvalue weighted by molar-refractivity contribution is 6.67. The van der Waals surface area contributed by atoms with Crippen LogP contribution in [0.5, 0.6) is 17.2 Å². The van der Waals surface area contributed by atoms with Gasteiger partial charge in [0.15, 0.2) is 11.5 Å². The van der Waals surface area contributed by atoms with E-state index in [1.165, 1.54) is 27.4 Å². The number of ether oxygens (including phenoxy) is 3. The number of hydrogen-bond acceptors (Lipinski definition) is 4. The molecule has 0 amide bonds. The summed E-state index contributed by atoms with van der Waals surface area (Å²) in [7, 11) is 4.60. The molecular weight excluding hydrogens is 256 g/mol. The average Bonchev–Trinajstić information content (AvgIpc) is 2.35. The molecule has 1 aromatic carbocycles. The van der Waals surface area contributed by atoms with E-state index in [9.17, 15) is 4.79 Å². The van der Waals surface area contributed by atoms with Gasteiger partial charge in [-0.05, 0) is 41.8 Å². The molecule has 1 rings (SSSR count). The van der Waals surface area contributed by atoms with E-state index >= 15 is 0 Å². The minimum atomic E-state index is -0.527. The zero-order valence-electron chi connectivity index (χ0n) is 10.7. The monoisotopic (exact) mass is 270 g/mol. The quantitative estimate of drug-likeness (QED) is 0.610. The Morgan fingerprint density at radius 3 is 1.94 bits per heavy atom. The van der Waals surface area contributed by atoms with Gasteiger partial charge in [0.1, 0.15) is 0 Å². The summed E-state index contributed by atoms with van der Waals surface area (Å²) in [5.74, 6) is 1.57. The van der Waals surface area contributed by atoms with Gasteiger partial charge >= 0.3 is 0 Å². The first-order valence-corrected chi connectivity index (χ1v) is 5.59. The maximum Gasteiger partial charge on any atom is 0.245 e. The van der Waals surface area contributed by atoms with E-state index in [1.807, 2.05) is 0 Å². The number of benzene rings is 1.